The largest absolute Gasteiger partial charge is 0.356 e. The monoisotopic (exact) mass is 295 g/mol. The van der Waals surface area contributed by atoms with Gasteiger partial charge in [-0.25, -0.2) is 0 Å². The molecule has 0 radical (unpaired) electrons. The number of nitrogens with one attached hydrogen (secondary N) is 2. The smallest absolute Gasteiger partial charge is 0.191 e. The molecule has 1 aromatic rings. The zero-order chi connectivity index (χ0) is 14.2. The van der Waals surface area contributed by atoms with Crippen LogP contribution in [0.2, 0.25) is 0 Å². The molecule has 2 rings (SSSR count). The number of rotatable bonds is 6. The average Bonchev–Trinajstić information content (AvgIpc) is 3.13. The van der Waals surface area contributed by atoms with Crippen LogP contribution in [0.15, 0.2) is 23.5 Å². The molecule has 2 N–H and O–H groups in total. The first-order valence-electron chi connectivity index (χ1n) is 7.29. The van der Waals surface area contributed by atoms with E-state index in [1.54, 1.807) is 0 Å². The van der Waals surface area contributed by atoms with Gasteiger partial charge in [-0.05, 0) is 38.0 Å². The van der Waals surface area contributed by atoms with Crippen molar-refractivity contribution in [2.75, 3.05) is 19.8 Å². The fraction of sp³-hybridized carbons (Fsp3) is 0.714. The topological polar surface area (TPSA) is 54.2 Å². The van der Waals surface area contributed by atoms with Crippen LogP contribution in [0.3, 0.4) is 0 Å². The Labute approximate surface area is 125 Å². The summed E-state index contributed by atoms with van der Waals surface area (Å²) >= 11 is 1.98. The van der Waals surface area contributed by atoms with Crippen LogP contribution in [0.5, 0.6) is 0 Å². The van der Waals surface area contributed by atoms with Crippen molar-refractivity contribution in [1.82, 2.24) is 20.4 Å². The number of hydrogen-bond donors (Lipinski definition) is 2. The molecule has 1 fully saturated rings. The van der Waals surface area contributed by atoms with Gasteiger partial charge in [0, 0.05) is 43.8 Å². The van der Waals surface area contributed by atoms with Crippen LogP contribution in [0, 0.1) is 0 Å². The highest BCUT2D eigenvalue weighted by atomic mass is 32.2. The summed E-state index contributed by atoms with van der Waals surface area (Å²) in [5.74, 6) is 0.928. The van der Waals surface area contributed by atoms with Crippen molar-refractivity contribution in [3.05, 3.63) is 18.5 Å². The van der Waals surface area contributed by atoms with Crippen LogP contribution in [0.25, 0.3) is 0 Å². The second-order valence-corrected chi connectivity index (χ2v) is 6.27. The van der Waals surface area contributed by atoms with Crippen molar-refractivity contribution in [3.63, 3.8) is 0 Å². The molecular formula is C14H25N5S. The van der Waals surface area contributed by atoms with Gasteiger partial charge in [0.1, 0.15) is 0 Å². The molecule has 20 heavy (non-hydrogen) atoms. The third-order valence-corrected chi connectivity index (χ3v) is 4.79. The van der Waals surface area contributed by atoms with Crippen LogP contribution >= 0.6 is 11.8 Å². The number of guanidine groups is 1. The molecule has 2 unspecified atom stereocenters. The Morgan fingerprint density at radius 3 is 3.05 bits per heavy atom. The summed E-state index contributed by atoms with van der Waals surface area (Å²) in [4.78, 5) is 4.30. The van der Waals surface area contributed by atoms with Crippen molar-refractivity contribution in [3.8, 4) is 0 Å². The lowest BCUT2D eigenvalue weighted by molar-refractivity contribution is 0.562. The van der Waals surface area contributed by atoms with Crippen LogP contribution in [-0.2, 0) is 6.54 Å². The summed E-state index contributed by atoms with van der Waals surface area (Å²) in [5, 5.41) is 11.9. The van der Waals surface area contributed by atoms with E-state index < -0.39 is 0 Å². The van der Waals surface area contributed by atoms with E-state index >= 15 is 0 Å². The predicted octanol–water partition coefficient (Wildman–Crippen LogP) is 1.72. The summed E-state index contributed by atoms with van der Waals surface area (Å²) in [5.41, 5.74) is 0. The SMILES string of the molecule is CN=C(NCCCn1cccn1)NC1CCC(SC)C1. The normalized spacial score (nSPS) is 23.0. The zero-order valence-corrected chi connectivity index (χ0v) is 13.2. The molecule has 0 aliphatic heterocycles. The number of aliphatic imine (C=N–C) groups is 1. The van der Waals surface area contributed by atoms with Gasteiger partial charge in [0.2, 0.25) is 0 Å². The highest BCUT2D eigenvalue weighted by molar-refractivity contribution is 7.99. The Balaban J connectivity index is 1.63. The summed E-state index contributed by atoms with van der Waals surface area (Å²) in [6.45, 7) is 1.85. The minimum Gasteiger partial charge on any atom is -0.356 e. The molecule has 1 heterocycles. The Morgan fingerprint density at radius 1 is 1.50 bits per heavy atom. The average molecular weight is 295 g/mol. The van der Waals surface area contributed by atoms with Gasteiger partial charge in [-0.3, -0.25) is 9.67 Å². The van der Waals surface area contributed by atoms with Crippen molar-refractivity contribution >= 4 is 17.7 Å². The van der Waals surface area contributed by atoms with Crippen LogP contribution < -0.4 is 10.6 Å². The van der Waals surface area contributed by atoms with E-state index in [4.69, 9.17) is 0 Å². The van der Waals surface area contributed by atoms with Crippen molar-refractivity contribution in [1.29, 1.82) is 0 Å². The first-order valence-corrected chi connectivity index (χ1v) is 8.58. The number of nitrogens with zero attached hydrogens (tertiary/aromatic N) is 3. The molecule has 112 valence electrons. The standard InChI is InChI=1S/C14H25N5S/c1-15-14(18-12-5-6-13(11-12)20-2)16-7-3-9-19-10-4-8-17-19/h4,8,10,12-13H,3,5-7,9,11H2,1-2H3,(H2,15,16,18). The van der Waals surface area contributed by atoms with E-state index in [-0.39, 0.29) is 0 Å². The lowest BCUT2D eigenvalue weighted by Gasteiger charge is -2.17. The molecule has 5 nitrogen and oxygen atoms in total. The summed E-state index contributed by atoms with van der Waals surface area (Å²) in [6.07, 6.45) is 10.9. The van der Waals surface area contributed by atoms with Crippen molar-refractivity contribution in [2.24, 2.45) is 4.99 Å². The van der Waals surface area contributed by atoms with E-state index in [2.05, 4.69) is 27.0 Å². The molecule has 1 aromatic heterocycles. The van der Waals surface area contributed by atoms with Gasteiger partial charge in [-0.15, -0.1) is 0 Å². The van der Waals surface area contributed by atoms with Crippen LogP contribution in [0.4, 0.5) is 0 Å². The van der Waals surface area contributed by atoms with Gasteiger partial charge in [0.15, 0.2) is 5.96 Å². The third kappa shape index (κ3) is 4.74. The second kappa shape index (κ2) is 8.19. The van der Waals surface area contributed by atoms with Crippen molar-refractivity contribution < 1.29 is 0 Å². The van der Waals surface area contributed by atoms with Gasteiger partial charge >= 0.3 is 0 Å². The molecule has 1 aliphatic rings. The lowest BCUT2D eigenvalue weighted by atomic mass is 10.2. The molecule has 0 amide bonds. The molecule has 1 aliphatic carbocycles. The Hall–Kier alpha value is -1.17. The summed E-state index contributed by atoms with van der Waals surface area (Å²) in [6, 6.07) is 2.53. The Bertz CT molecular complexity index is 404. The number of aryl methyl sites for hydroxylation is 1. The van der Waals surface area contributed by atoms with E-state index in [1.165, 1.54) is 19.3 Å². The minimum atomic E-state index is 0.574. The van der Waals surface area contributed by atoms with Gasteiger partial charge in [0.05, 0.1) is 0 Å². The first kappa shape index (κ1) is 15.2. The molecule has 0 aromatic carbocycles. The van der Waals surface area contributed by atoms with E-state index in [9.17, 15) is 0 Å². The molecular weight excluding hydrogens is 270 g/mol. The van der Waals surface area contributed by atoms with Crippen molar-refractivity contribution in [2.45, 2.75) is 43.5 Å². The maximum atomic E-state index is 4.30. The van der Waals surface area contributed by atoms with Gasteiger partial charge < -0.3 is 10.6 Å². The predicted molar refractivity (Wildman–Crippen MR) is 86.3 cm³/mol. The maximum absolute atomic E-state index is 4.30. The van der Waals surface area contributed by atoms with Crippen LogP contribution in [0.1, 0.15) is 25.7 Å². The highest BCUT2D eigenvalue weighted by Crippen LogP contribution is 2.27. The molecule has 0 saturated heterocycles. The van der Waals surface area contributed by atoms with Crippen LogP contribution in [-0.4, -0.2) is 46.9 Å². The molecule has 6 heteroatoms. The van der Waals surface area contributed by atoms with Gasteiger partial charge in [0.25, 0.3) is 0 Å². The van der Waals surface area contributed by atoms with Gasteiger partial charge in [-0.2, -0.15) is 16.9 Å². The van der Waals surface area contributed by atoms with E-state index in [0.29, 0.717) is 6.04 Å². The number of hydrogen-bond acceptors (Lipinski definition) is 3. The summed E-state index contributed by atoms with van der Waals surface area (Å²) in [7, 11) is 1.84. The second-order valence-electron chi connectivity index (χ2n) is 5.13. The highest BCUT2D eigenvalue weighted by Gasteiger charge is 2.24. The van der Waals surface area contributed by atoms with E-state index in [1.807, 2.05) is 42.0 Å². The number of thioether (sulfide) groups is 1. The quantitative estimate of drug-likeness (QED) is 0.477. The lowest BCUT2D eigenvalue weighted by Crippen LogP contribution is -2.43. The zero-order valence-electron chi connectivity index (χ0n) is 12.4. The first-order chi connectivity index (χ1) is 9.81. The number of aromatic nitrogens is 2. The molecule has 1 saturated carbocycles. The minimum absolute atomic E-state index is 0.574. The van der Waals surface area contributed by atoms with E-state index in [0.717, 1.165) is 30.7 Å². The summed E-state index contributed by atoms with van der Waals surface area (Å²) < 4.78 is 1.96. The molecule has 0 spiro atoms. The fourth-order valence-electron chi connectivity index (χ4n) is 2.55. The third-order valence-electron chi connectivity index (χ3n) is 3.70. The fourth-order valence-corrected chi connectivity index (χ4v) is 3.35. The maximum Gasteiger partial charge on any atom is 0.191 e. The molecule has 2 atom stereocenters. The van der Waals surface area contributed by atoms with Gasteiger partial charge in [-0.1, -0.05) is 0 Å². The Morgan fingerprint density at radius 2 is 2.40 bits per heavy atom. The molecule has 0 bridgehead atoms. The Kier molecular flexibility index (Phi) is 6.24.